The van der Waals surface area contributed by atoms with E-state index in [-0.39, 0.29) is 5.91 Å². The fraction of sp³-hybridized carbons (Fsp3) is 0.562. The Kier molecular flexibility index (Phi) is 4.00. The number of imidazole rings is 2. The number of rotatable bonds is 3. The number of likely N-dealkylation sites (tertiary alicyclic amines) is 1. The number of nitrogens with zero attached hydrogens (tertiary/aromatic N) is 5. The number of carbonyl (C=O) groups is 1. The number of piperidine rings is 1. The maximum absolute atomic E-state index is 12.5. The summed E-state index contributed by atoms with van der Waals surface area (Å²) in [6.45, 7) is 5.90. The number of aromatic nitrogens is 4. The van der Waals surface area contributed by atoms with Gasteiger partial charge in [0, 0.05) is 44.6 Å². The smallest absolute Gasteiger partial charge is 0.242 e. The van der Waals surface area contributed by atoms with Crippen molar-refractivity contribution in [3.63, 3.8) is 0 Å². The van der Waals surface area contributed by atoms with Crippen molar-refractivity contribution in [2.45, 2.75) is 39.2 Å². The lowest BCUT2D eigenvalue weighted by atomic mass is 9.97. The Morgan fingerprint density at radius 3 is 2.86 bits per heavy atom. The summed E-state index contributed by atoms with van der Waals surface area (Å²) in [5, 5.41) is 0. The molecule has 1 saturated heterocycles. The van der Waals surface area contributed by atoms with Crippen LogP contribution in [0.25, 0.3) is 0 Å². The SMILES string of the molecule is Cc1cn(C)c(C2CCCN(C(=O)Cn3ccnc3C)C2)n1. The van der Waals surface area contributed by atoms with Crippen LogP contribution in [0.2, 0.25) is 0 Å². The maximum atomic E-state index is 12.5. The van der Waals surface area contributed by atoms with Crippen molar-refractivity contribution in [1.82, 2.24) is 24.0 Å². The Hall–Kier alpha value is -2.11. The average Bonchev–Trinajstić information content (AvgIpc) is 3.05. The zero-order valence-corrected chi connectivity index (χ0v) is 13.5. The second-order valence-electron chi connectivity index (χ2n) is 6.13. The van der Waals surface area contributed by atoms with E-state index in [4.69, 9.17) is 0 Å². The number of aryl methyl sites for hydroxylation is 3. The molecular formula is C16H23N5O. The monoisotopic (exact) mass is 301 g/mol. The summed E-state index contributed by atoms with van der Waals surface area (Å²) < 4.78 is 3.99. The van der Waals surface area contributed by atoms with Crippen LogP contribution in [0.4, 0.5) is 0 Å². The predicted molar refractivity (Wildman–Crippen MR) is 83.5 cm³/mol. The van der Waals surface area contributed by atoms with Gasteiger partial charge >= 0.3 is 0 Å². The van der Waals surface area contributed by atoms with Crippen LogP contribution in [-0.2, 0) is 18.4 Å². The van der Waals surface area contributed by atoms with E-state index in [9.17, 15) is 4.79 Å². The second-order valence-corrected chi connectivity index (χ2v) is 6.13. The van der Waals surface area contributed by atoms with Gasteiger partial charge in [-0.15, -0.1) is 0 Å². The van der Waals surface area contributed by atoms with Gasteiger partial charge in [0.15, 0.2) is 0 Å². The highest BCUT2D eigenvalue weighted by Crippen LogP contribution is 2.26. The van der Waals surface area contributed by atoms with Crippen LogP contribution in [0.3, 0.4) is 0 Å². The fourth-order valence-corrected chi connectivity index (χ4v) is 3.25. The summed E-state index contributed by atoms with van der Waals surface area (Å²) in [6, 6.07) is 0. The predicted octanol–water partition coefficient (Wildman–Crippen LogP) is 1.64. The Balaban J connectivity index is 1.69. The molecule has 0 radical (unpaired) electrons. The van der Waals surface area contributed by atoms with Crippen LogP contribution < -0.4 is 0 Å². The Bertz CT molecular complexity index is 672. The van der Waals surface area contributed by atoms with Crippen LogP contribution in [0.15, 0.2) is 18.6 Å². The molecule has 118 valence electrons. The van der Waals surface area contributed by atoms with Crippen LogP contribution in [0.1, 0.15) is 36.1 Å². The van der Waals surface area contributed by atoms with Crippen molar-refractivity contribution in [3.8, 4) is 0 Å². The van der Waals surface area contributed by atoms with E-state index < -0.39 is 0 Å². The molecule has 22 heavy (non-hydrogen) atoms. The van der Waals surface area contributed by atoms with Gasteiger partial charge in [0.2, 0.25) is 5.91 Å². The molecule has 0 aliphatic carbocycles. The molecule has 1 amide bonds. The molecule has 1 atom stereocenters. The largest absolute Gasteiger partial charge is 0.340 e. The molecule has 0 spiro atoms. The highest BCUT2D eigenvalue weighted by Gasteiger charge is 2.27. The molecule has 1 unspecified atom stereocenters. The van der Waals surface area contributed by atoms with Crippen molar-refractivity contribution in [2.75, 3.05) is 13.1 Å². The normalized spacial score (nSPS) is 18.7. The zero-order valence-electron chi connectivity index (χ0n) is 13.5. The molecule has 3 rings (SSSR count). The summed E-state index contributed by atoms with van der Waals surface area (Å²) in [7, 11) is 2.03. The highest BCUT2D eigenvalue weighted by molar-refractivity contribution is 5.76. The molecule has 1 aliphatic heterocycles. The van der Waals surface area contributed by atoms with Gasteiger partial charge in [0.1, 0.15) is 18.2 Å². The first kappa shape index (κ1) is 14.8. The van der Waals surface area contributed by atoms with Gasteiger partial charge in [0.25, 0.3) is 0 Å². The third-order valence-electron chi connectivity index (χ3n) is 4.40. The summed E-state index contributed by atoms with van der Waals surface area (Å²) >= 11 is 0. The lowest BCUT2D eigenvalue weighted by Crippen LogP contribution is -2.41. The Labute approximate surface area is 130 Å². The van der Waals surface area contributed by atoms with Crippen LogP contribution in [-0.4, -0.2) is 43.0 Å². The lowest BCUT2D eigenvalue weighted by molar-refractivity contribution is -0.133. The van der Waals surface area contributed by atoms with E-state index in [2.05, 4.69) is 14.5 Å². The minimum atomic E-state index is 0.164. The maximum Gasteiger partial charge on any atom is 0.242 e. The Morgan fingerprint density at radius 2 is 2.23 bits per heavy atom. The van der Waals surface area contributed by atoms with Gasteiger partial charge in [0.05, 0.1) is 5.69 Å². The molecule has 1 fully saturated rings. The molecule has 6 nitrogen and oxygen atoms in total. The molecule has 0 bridgehead atoms. The van der Waals surface area contributed by atoms with Crippen molar-refractivity contribution < 1.29 is 4.79 Å². The molecule has 1 aliphatic rings. The fourth-order valence-electron chi connectivity index (χ4n) is 3.25. The minimum absolute atomic E-state index is 0.164. The first-order valence-electron chi connectivity index (χ1n) is 7.80. The number of hydrogen-bond donors (Lipinski definition) is 0. The molecule has 2 aromatic rings. The first-order valence-corrected chi connectivity index (χ1v) is 7.80. The summed E-state index contributed by atoms with van der Waals surface area (Å²) in [5.74, 6) is 2.47. The zero-order chi connectivity index (χ0) is 15.7. The van der Waals surface area contributed by atoms with Gasteiger partial charge < -0.3 is 14.0 Å². The quantitative estimate of drug-likeness (QED) is 0.866. The van der Waals surface area contributed by atoms with Crippen LogP contribution >= 0.6 is 0 Å². The van der Waals surface area contributed by atoms with E-state index in [1.165, 1.54) is 0 Å². The number of carbonyl (C=O) groups excluding carboxylic acids is 1. The second kappa shape index (κ2) is 5.94. The molecule has 0 N–H and O–H groups in total. The Morgan fingerprint density at radius 1 is 1.41 bits per heavy atom. The van der Waals surface area contributed by atoms with Crippen molar-refractivity contribution >= 4 is 5.91 Å². The number of hydrogen-bond acceptors (Lipinski definition) is 3. The molecule has 6 heteroatoms. The lowest BCUT2D eigenvalue weighted by Gasteiger charge is -2.32. The molecule has 3 heterocycles. The summed E-state index contributed by atoms with van der Waals surface area (Å²) in [4.78, 5) is 23.3. The third-order valence-corrected chi connectivity index (χ3v) is 4.40. The molecule has 2 aromatic heterocycles. The third kappa shape index (κ3) is 2.91. The van der Waals surface area contributed by atoms with E-state index in [0.29, 0.717) is 12.5 Å². The van der Waals surface area contributed by atoms with E-state index in [0.717, 1.165) is 43.3 Å². The van der Waals surface area contributed by atoms with E-state index >= 15 is 0 Å². The average molecular weight is 301 g/mol. The minimum Gasteiger partial charge on any atom is -0.340 e. The summed E-state index contributed by atoms with van der Waals surface area (Å²) in [5.41, 5.74) is 1.04. The first-order chi connectivity index (χ1) is 10.5. The topological polar surface area (TPSA) is 56.0 Å². The highest BCUT2D eigenvalue weighted by atomic mass is 16.2. The van der Waals surface area contributed by atoms with Crippen molar-refractivity contribution in [1.29, 1.82) is 0 Å². The van der Waals surface area contributed by atoms with E-state index in [1.807, 2.05) is 42.8 Å². The van der Waals surface area contributed by atoms with Crippen molar-refractivity contribution in [2.24, 2.45) is 7.05 Å². The van der Waals surface area contributed by atoms with E-state index in [1.54, 1.807) is 6.20 Å². The molecule has 0 aromatic carbocycles. The summed E-state index contributed by atoms with van der Waals surface area (Å²) in [6.07, 6.45) is 7.77. The number of amides is 1. The van der Waals surface area contributed by atoms with Gasteiger partial charge in [-0.25, -0.2) is 9.97 Å². The van der Waals surface area contributed by atoms with Gasteiger partial charge in [-0.3, -0.25) is 4.79 Å². The standard InChI is InChI=1S/C16H23N5O/c1-12-9-19(3)16(18-12)14-5-4-7-21(10-14)15(22)11-20-8-6-17-13(20)2/h6,8-9,14H,4-5,7,10-11H2,1-3H3. The van der Waals surface area contributed by atoms with Gasteiger partial charge in [-0.05, 0) is 26.7 Å². The van der Waals surface area contributed by atoms with Crippen LogP contribution in [0.5, 0.6) is 0 Å². The van der Waals surface area contributed by atoms with Crippen LogP contribution in [0, 0.1) is 13.8 Å². The molecular weight excluding hydrogens is 278 g/mol. The van der Waals surface area contributed by atoms with Gasteiger partial charge in [-0.1, -0.05) is 0 Å². The van der Waals surface area contributed by atoms with Gasteiger partial charge in [-0.2, -0.15) is 0 Å². The van der Waals surface area contributed by atoms with Crippen molar-refractivity contribution in [3.05, 3.63) is 35.9 Å². The molecule has 0 saturated carbocycles.